The van der Waals surface area contributed by atoms with Gasteiger partial charge >= 0.3 is 0 Å². The zero-order valence-corrected chi connectivity index (χ0v) is 30.9. The number of nitrogens with one attached hydrogen (secondary N) is 4. The molecule has 0 bridgehead atoms. The van der Waals surface area contributed by atoms with Gasteiger partial charge < -0.3 is 35.8 Å². The zero-order valence-electron chi connectivity index (χ0n) is 30.9. The number of carbonyl (C=O) groups excluding carboxylic acids is 5. The van der Waals surface area contributed by atoms with E-state index in [1.54, 1.807) is 17.9 Å². The Kier molecular flexibility index (Phi) is 12.2. The number of benzene rings is 1. The van der Waals surface area contributed by atoms with Crippen molar-refractivity contribution in [1.29, 1.82) is 0 Å². The first-order valence-electron chi connectivity index (χ1n) is 18.2. The van der Waals surface area contributed by atoms with E-state index >= 15 is 0 Å². The fraction of sp³-hybridized carbons (Fsp3) is 0.553. The lowest BCUT2D eigenvalue weighted by atomic mass is 9.85. The number of hydrogen-bond donors (Lipinski definition) is 5. The van der Waals surface area contributed by atoms with Gasteiger partial charge in [-0.05, 0) is 74.9 Å². The Morgan fingerprint density at radius 2 is 1.77 bits per heavy atom. The number of aliphatic hydroxyl groups excluding tert-OH is 1. The number of hydrogen-bond acceptors (Lipinski definition) is 7. The van der Waals surface area contributed by atoms with Gasteiger partial charge in [0, 0.05) is 81.3 Å². The molecule has 0 unspecified atom stereocenters. The van der Waals surface area contributed by atoms with Gasteiger partial charge in [0.1, 0.15) is 11.9 Å². The van der Waals surface area contributed by atoms with Crippen LogP contribution in [0.5, 0.6) is 0 Å². The summed E-state index contributed by atoms with van der Waals surface area (Å²) in [5.41, 5.74) is 3.35. The van der Waals surface area contributed by atoms with E-state index in [0.29, 0.717) is 78.4 Å². The second-order valence-electron chi connectivity index (χ2n) is 15.1. The second kappa shape index (κ2) is 16.4. The quantitative estimate of drug-likeness (QED) is 0.166. The molecule has 2 fully saturated rings. The first-order valence-corrected chi connectivity index (χ1v) is 18.2. The van der Waals surface area contributed by atoms with Crippen LogP contribution in [0.25, 0.3) is 11.6 Å². The monoisotopic (exact) mass is 721 g/mol. The van der Waals surface area contributed by atoms with Crippen LogP contribution in [-0.2, 0) is 19.2 Å². The highest BCUT2D eigenvalue weighted by Gasteiger charge is 2.38. The fourth-order valence-electron chi connectivity index (χ4n) is 7.09. The number of amides is 5. The minimum atomic E-state index is -0.708. The van der Waals surface area contributed by atoms with Crippen molar-refractivity contribution in [3.63, 3.8) is 0 Å². The van der Waals surface area contributed by atoms with Gasteiger partial charge in [-0.3, -0.25) is 28.9 Å². The molecule has 5 amide bonds. The molecule has 13 nitrogen and oxygen atoms in total. The summed E-state index contributed by atoms with van der Waals surface area (Å²) in [4.78, 5) is 73.3. The Morgan fingerprint density at radius 3 is 2.44 bits per heavy atom. The summed E-state index contributed by atoms with van der Waals surface area (Å²) in [6, 6.07) is 3.43. The van der Waals surface area contributed by atoms with E-state index in [0.717, 1.165) is 26.1 Å². The first kappa shape index (κ1) is 38.7. The maximum Gasteiger partial charge on any atom is 0.256 e. The third-order valence-electron chi connectivity index (χ3n) is 10.1. The maximum absolute atomic E-state index is 13.9. The van der Waals surface area contributed by atoms with Crippen molar-refractivity contribution < 1.29 is 33.5 Å². The average molecular weight is 722 g/mol. The number of aromatic amines is 1. The summed E-state index contributed by atoms with van der Waals surface area (Å²) in [6.45, 7) is 13.9. The van der Waals surface area contributed by atoms with Crippen molar-refractivity contribution in [3.05, 3.63) is 52.1 Å². The predicted octanol–water partition coefficient (Wildman–Crippen LogP) is 2.82. The van der Waals surface area contributed by atoms with E-state index in [-0.39, 0.29) is 48.9 Å². The number of β-amino-alcohol motifs (C(OH)–C–C–N with tert-alkyl or cyclic N) is 1. The minimum Gasteiger partial charge on any atom is -0.391 e. The number of piperazine rings is 1. The van der Waals surface area contributed by atoms with Gasteiger partial charge in [-0.1, -0.05) is 20.8 Å². The predicted molar refractivity (Wildman–Crippen MR) is 196 cm³/mol. The van der Waals surface area contributed by atoms with Crippen molar-refractivity contribution >= 4 is 46.9 Å². The Hall–Kier alpha value is -4.56. The van der Waals surface area contributed by atoms with Crippen LogP contribution < -0.4 is 16.0 Å². The summed E-state index contributed by atoms with van der Waals surface area (Å²) >= 11 is 0. The van der Waals surface area contributed by atoms with E-state index in [9.17, 15) is 33.5 Å². The first-order chi connectivity index (χ1) is 24.6. The third-order valence-corrected chi connectivity index (χ3v) is 10.1. The number of rotatable bonds is 12. The molecular weight excluding hydrogens is 669 g/mol. The Bertz CT molecular complexity index is 1720. The topological polar surface area (TPSA) is 167 Å². The summed E-state index contributed by atoms with van der Waals surface area (Å²) in [7, 11) is 0. The zero-order chi connectivity index (χ0) is 37.7. The molecule has 0 aliphatic carbocycles. The van der Waals surface area contributed by atoms with Crippen LogP contribution in [0.4, 0.5) is 10.1 Å². The highest BCUT2D eigenvalue weighted by atomic mass is 19.1. The van der Waals surface area contributed by atoms with E-state index in [1.807, 2.05) is 32.6 Å². The highest BCUT2D eigenvalue weighted by molar-refractivity contribution is 6.35. The van der Waals surface area contributed by atoms with Crippen LogP contribution in [0.15, 0.2) is 18.2 Å². The Morgan fingerprint density at radius 1 is 1.04 bits per heavy atom. The highest BCUT2D eigenvalue weighted by Crippen LogP contribution is 2.34. The summed E-state index contributed by atoms with van der Waals surface area (Å²) in [5, 5.41) is 18.4. The molecule has 2 aromatic rings. The van der Waals surface area contributed by atoms with Gasteiger partial charge in [0.05, 0.1) is 17.2 Å². The Balaban J connectivity index is 1.00. The molecule has 0 saturated carbocycles. The van der Waals surface area contributed by atoms with Gasteiger partial charge in [0.2, 0.25) is 17.7 Å². The van der Waals surface area contributed by atoms with Crippen molar-refractivity contribution in [2.24, 2.45) is 5.41 Å². The average Bonchev–Trinajstić information content (AvgIpc) is 3.75. The van der Waals surface area contributed by atoms with Crippen molar-refractivity contribution in [2.75, 3.05) is 57.7 Å². The van der Waals surface area contributed by atoms with Crippen LogP contribution in [0.1, 0.15) is 85.7 Å². The van der Waals surface area contributed by atoms with E-state index in [2.05, 4.69) is 25.8 Å². The maximum atomic E-state index is 13.9. The van der Waals surface area contributed by atoms with E-state index in [4.69, 9.17) is 0 Å². The van der Waals surface area contributed by atoms with Crippen molar-refractivity contribution in [1.82, 2.24) is 30.3 Å². The number of fused-ring (bicyclic) bond motifs is 1. The van der Waals surface area contributed by atoms with Crippen LogP contribution in [0, 0.1) is 25.1 Å². The van der Waals surface area contributed by atoms with Crippen molar-refractivity contribution in [3.8, 4) is 0 Å². The van der Waals surface area contributed by atoms with Crippen LogP contribution >= 0.6 is 0 Å². The summed E-state index contributed by atoms with van der Waals surface area (Å²) < 4.78 is 13.9. The molecule has 5 N–H and O–H groups in total. The van der Waals surface area contributed by atoms with Gasteiger partial charge in [-0.2, -0.15) is 0 Å². The molecule has 5 rings (SSSR count). The summed E-state index contributed by atoms with van der Waals surface area (Å²) in [5.74, 6) is -1.43. The lowest BCUT2D eigenvalue weighted by Crippen LogP contribution is -2.54. The van der Waals surface area contributed by atoms with Gasteiger partial charge in [-0.25, -0.2) is 4.39 Å². The number of aryl methyl sites for hydroxylation is 1. The SMILES string of the molecule is Cc1[nH]c(/C=C2\C(=O)Nc3ccc(F)cc32)c(C)c1C(=O)NCCCN1CCN(C(=O)CCCC(=O)N[C@H](C(=O)N2CC[C@@H](O)C2)C(C)(C)C)CC1. The molecule has 0 spiro atoms. The summed E-state index contributed by atoms with van der Waals surface area (Å²) in [6.07, 6.45) is 3.17. The number of H-pyrrole nitrogens is 1. The number of anilines is 1. The standard InChI is InChI=1S/C38H52FN7O6/c1-23-30(21-28-27-20-25(39)10-11-29(27)42-35(28)50)41-24(2)33(23)36(51)40-13-7-14-44-16-18-45(19-17-44)32(49)9-6-8-31(48)43-34(38(3,4)5)37(52)46-15-12-26(47)22-46/h10-11,20-21,26,34,41,47H,6-9,12-19,22H2,1-5H3,(H,40,51)(H,42,50)(H,43,48)/b28-21-/t26-,34-/m1/s1. The number of aliphatic hydroxyl groups is 1. The van der Waals surface area contributed by atoms with Gasteiger partial charge in [0.15, 0.2) is 0 Å². The minimum absolute atomic E-state index is 0.00593. The normalized spacial score (nSPS) is 19.1. The largest absolute Gasteiger partial charge is 0.391 e. The Labute approximate surface area is 304 Å². The van der Waals surface area contributed by atoms with Crippen LogP contribution in [-0.4, -0.2) is 119 Å². The number of nitrogens with zero attached hydrogens (tertiary/aromatic N) is 3. The molecule has 52 heavy (non-hydrogen) atoms. The van der Waals surface area contributed by atoms with Gasteiger partial charge in [-0.15, -0.1) is 0 Å². The van der Waals surface area contributed by atoms with Crippen LogP contribution in [0.3, 0.4) is 0 Å². The molecule has 2 atom stereocenters. The number of likely N-dealkylation sites (tertiary alicyclic amines) is 1. The fourth-order valence-corrected chi connectivity index (χ4v) is 7.09. The molecule has 3 aliphatic heterocycles. The smallest absolute Gasteiger partial charge is 0.256 e. The third kappa shape index (κ3) is 9.26. The van der Waals surface area contributed by atoms with E-state index < -0.39 is 23.4 Å². The molecule has 1 aromatic heterocycles. The molecule has 0 radical (unpaired) electrons. The molecule has 3 aliphatic rings. The van der Waals surface area contributed by atoms with Gasteiger partial charge in [0.25, 0.3) is 11.8 Å². The molecule has 1 aromatic carbocycles. The van der Waals surface area contributed by atoms with Crippen LogP contribution in [0.2, 0.25) is 0 Å². The lowest BCUT2D eigenvalue weighted by molar-refractivity contribution is -0.139. The second-order valence-corrected chi connectivity index (χ2v) is 15.1. The molecule has 2 saturated heterocycles. The van der Waals surface area contributed by atoms with Crippen molar-refractivity contribution in [2.45, 2.75) is 78.9 Å². The molecule has 14 heteroatoms. The molecule has 4 heterocycles. The lowest BCUT2D eigenvalue weighted by Gasteiger charge is -2.35. The van der Waals surface area contributed by atoms with E-state index in [1.165, 1.54) is 18.2 Å². The number of carbonyl (C=O) groups is 5. The molecular formula is C38H52FN7O6. The number of halogens is 1. The number of aromatic nitrogens is 1. The molecule has 282 valence electrons.